The molecule has 1 N–H and O–H groups in total. The highest BCUT2D eigenvalue weighted by Crippen LogP contribution is 2.13. The van der Waals surface area contributed by atoms with Gasteiger partial charge in [0.15, 0.2) is 0 Å². The minimum Gasteiger partial charge on any atom is -0.293 e. The molecule has 0 atom stereocenters. The van der Waals surface area contributed by atoms with Gasteiger partial charge in [0.2, 0.25) is 11.9 Å². The average molecular weight is 359 g/mol. The first kappa shape index (κ1) is 17.2. The van der Waals surface area contributed by atoms with E-state index in [9.17, 15) is 4.79 Å². The molecule has 25 heavy (non-hydrogen) atoms. The number of halogens is 1. The summed E-state index contributed by atoms with van der Waals surface area (Å²) in [6, 6.07) is 8.20. The van der Waals surface area contributed by atoms with Gasteiger partial charge in [-0.25, -0.2) is 9.67 Å². The lowest BCUT2D eigenvalue weighted by Gasteiger charge is -2.04. The van der Waals surface area contributed by atoms with Crippen LogP contribution in [-0.2, 0) is 17.9 Å². The van der Waals surface area contributed by atoms with Crippen LogP contribution >= 0.6 is 11.6 Å². The zero-order chi connectivity index (χ0) is 17.8. The van der Waals surface area contributed by atoms with E-state index >= 15 is 0 Å². The quantitative estimate of drug-likeness (QED) is 0.735. The van der Waals surface area contributed by atoms with Gasteiger partial charge in [-0.1, -0.05) is 41.4 Å². The van der Waals surface area contributed by atoms with Crippen molar-refractivity contribution in [2.45, 2.75) is 33.4 Å². The second-order valence-corrected chi connectivity index (χ2v) is 6.26. The van der Waals surface area contributed by atoms with E-state index in [1.807, 2.05) is 26.0 Å². The summed E-state index contributed by atoms with van der Waals surface area (Å²) < 4.78 is 3.39. The highest BCUT2D eigenvalue weighted by atomic mass is 35.5. The molecule has 130 valence electrons. The number of nitrogens with one attached hydrogen (secondary N) is 1. The molecule has 0 spiro atoms. The summed E-state index contributed by atoms with van der Waals surface area (Å²) in [7, 11) is 0. The summed E-state index contributed by atoms with van der Waals surface area (Å²) in [5.74, 6) is 0.131. The molecule has 0 unspecified atom stereocenters. The Morgan fingerprint density at radius 1 is 1.24 bits per heavy atom. The Balaban J connectivity index is 1.53. The molecule has 0 radical (unpaired) electrons. The summed E-state index contributed by atoms with van der Waals surface area (Å²) in [5, 5.41) is 11.7. The van der Waals surface area contributed by atoms with E-state index in [-0.39, 0.29) is 12.3 Å². The molecule has 3 rings (SSSR count). The predicted molar refractivity (Wildman–Crippen MR) is 95.5 cm³/mol. The molecule has 0 aliphatic rings. The van der Waals surface area contributed by atoms with Crippen LogP contribution in [0.5, 0.6) is 0 Å². The summed E-state index contributed by atoms with van der Waals surface area (Å²) in [6.07, 6.45) is 3.45. The number of benzene rings is 1. The molecule has 0 aliphatic heterocycles. The van der Waals surface area contributed by atoms with Gasteiger partial charge in [0.1, 0.15) is 6.33 Å². The van der Waals surface area contributed by atoms with Crippen LogP contribution < -0.4 is 5.32 Å². The number of hydrogen-bond acceptors (Lipinski definition) is 4. The topological polar surface area (TPSA) is 77.6 Å². The molecule has 2 aromatic heterocycles. The highest BCUT2D eigenvalue weighted by molar-refractivity contribution is 6.31. The van der Waals surface area contributed by atoms with Crippen LogP contribution in [0.3, 0.4) is 0 Å². The predicted octanol–water partition coefficient (Wildman–Crippen LogP) is 2.82. The first-order chi connectivity index (χ1) is 12.0. The Morgan fingerprint density at radius 3 is 2.68 bits per heavy atom. The monoisotopic (exact) mass is 358 g/mol. The van der Waals surface area contributed by atoms with Gasteiger partial charge in [0, 0.05) is 6.42 Å². The first-order valence-corrected chi connectivity index (χ1v) is 8.32. The minimum atomic E-state index is -0.167. The van der Waals surface area contributed by atoms with E-state index < -0.39 is 0 Å². The van der Waals surface area contributed by atoms with Gasteiger partial charge in [0.25, 0.3) is 0 Å². The molecule has 0 bridgehead atoms. The lowest BCUT2D eigenvalue weighted by molar-refractivity contribution is -0.116. The van der Waals surface area contributed by atoms with E-state index in [1.165, 1.54) is 5.56 Å². The molecule has 0 aliphatic carbocycles. The maximum absolute atomic E-state index is 12.0. The van der Waals surface area contributed by atoms with E-state index in [2.05, 4.69) is 32.6 Å². The van der Waals surface area contributed by atoms with Gasteiger partial charge in [0.05, 0.1) is 30.0 Å². The fourth-order valence-corrected chi connectivity index (χ4v) is 2.49. The Hall–Kier alpha value is -2.67. The van der Waals surface area contributed by atoms with Gasteiger partial charge in [-0.2, -0.15) is 5.10 Å². The number of rotatable bonds is 6. The molecule has 1 amide bonds. The third-order valence-electron chi connectivity index (χ3n) is 3.85. The van der Waals surface area contributed by atoms with Crippen molar-refractivity contribution in [3.8, 4) is 0 Å². The van der Waals surface area contributed by atoms with Crippen molar-refractivity contribution in [2.24, 2.45) is 0 Å². The van der Waals surface area contributed by atoms with Crippen LogP contribution in [0.25, 0.3) is 0 Å². The fourth-order valence-electron chi connectivity index (χ4n) is 2.35. The number of carbonyl (C=O) groups is 1. The molecule has 0 saturated heterocycles. The summed E-state index contributed by atoms with van der Waals surface area (Å²) in [5.41, 5.74) is 3.18. The first-order valence-electron chi connectivity index (χ1n) is 7.94. The fraction of sp³-hybridized carbons (Fsp3) is 0.294. The summed E-state index contributed by atoms with van der Waals surface area (Å²) in [6.45, 7) is 4.97. The van der Waals surface area contributed by atoms with Gasteiger partial charge in [-0.05, 0) is 19.4 Å². The lowest BCUT2D eigenvalue weighted by Crippen LogP contribution is -2.16. The molecule has 1 aromatic carbocycles. The van der Waals surface area contributed by atoms with E-state index in [0.29, 0.717) is 24.1 Å². The molecule has 8 heteroatoms. The lowest BCUT2D eigenvalue weighted by atomic mass is 10.1. The highest BCUT2D eigenvalue weighted by Gasteiger charge is 2.09. The Labute approximate surface area is 150 Å². The maximum Gasteiger partial charge on any atom is 0.248 e. The van der Waals surface area contributed by atoms with Gasteiger partial charge < -0.3 is 0 Å². The van der Waals surface area contributed by atoms with Crippen molar-refractivity contribution in [2.75, 3.05) is 5.32 Å². The van der Waals surface area contributed by atoms with E-state index in [0.717, 1.165) is 11.3 Å². The Kier molecular flexibility index (Phi) is 5.14. The van der Waals surface area contributed by atoms with E-state index in [4.69, 9.17) is 11.6 Å². The average Bonchev–Trinajstić information content (AvgIpc) is 3.15. The number of carbonyl (C=O) groups excluding carboxylic acids is 1. The summed E-state index contributed by atoms with van der Waals surface area (Å²) >= 11 is 5.95. The normalized spacial score (nSPS) is 10.8. The third-order valence-corrected chi connectivity index (χ3v) is 4.22. The largest absolute Gasteiger partial charge is 0.293 e. The van der Waals surface area contributed by atoms with Crippen LogP contribution in [0, 0.1) is 13.8 Å². The van der Waals surface area contributed by atoms with Crippen molar-refractivity contribution in [3.05, 3.63) is 58.6 Å². The SMILES string of the molecule is Cc1ccc(Cn2cnc(NC(=O)CCn3ncc(Cl)c3C)n2)cc1. The standard InChI is InChI=1S/C17H19ClN6O/c1-12-3-5-14(6-4-12)10-23-11-19-17(22-23)21-16(25)7-8-24-13(2)15(18)9-20-24/h3-6,9,11H,7-8,10H2,1-2H3,(H,21,22,25). The number of aryl methyl sites for hydroxylation is 2. The van der Waals surface area contributed by atoms with Gasteiger partial charge >= 0.3 is 0 Å². The molecule has 7 nitrogen and oxygen atoms in total. The van der Waals surface area contributed by atoms with E-state index in [1.54, 1.807) is 21.9 Å². The van der Waals surface area contributed by atoms with Crippen molar-refractivity contribution in [3.63, 3.8) is 0 Å². The molecule has 0 fully saturated rings. The van der Waals surface area contributed by atoms with Crippen LogP contribution in [0.2, 0.25) is 5.02 Å². The van der Waals surface area contributed by atoms with Crippen LogP contribution in [0.1, 0.15) is 23.2 Å². The van der Waals surface area contributed by atoms with Gasteiger partial charge in [-0.15, -0.1) is 5.10 Å². The number of nitrogens with zero attached hydrogens (tertiary/aromatic N) is 5. The second-order valence-electron chi connectivity index (χ2n) is 5.85. The zero-order valence-electron chi connectivity index (χ0n) is 14.1. The summed E-state index contributed by atoms with van der Waals surface area (Å²) in [4.78, 5) is 16.2. The minimum absolute atomic E-state index is 0.167. The van der Waals surface area contributed by atoms with Crippen LogP contribution in [-0.4, -0.2) is 30.5 Å². The number of amides is 1. The molecular formula is C17H19ClN6O. The Morgan fingerprint density at radius 2 is 2.00 bits per heavy atom. The molecular weight excluding hydrogens is 340 g/mol. The third kappa shape index (κ3) is 4.45. The Bertz CT molecular complexity index is 868. The van der Waals surface area contributed by atoms with Crippen molar-refractivity contribution in [1.29, 1.82) is 0 Å². The smallest absolute Gasteiger partial charge is 0.248 e. The van der Waals surface area contributed by atoms with Crippen molar-refractivity contribution < 1.29 is 4.79 Å². The number of aromatic nitrogens is 5. The number of hydrogen-bond donors (Lipinski definition) is 1. The van der Waals surface area contributed by atoms with Gasteiger partial charge in [-0.3, -0.25) is 14.8 Å². The maximum atomic E-state index is 12.0. The number of anilines is 1. The van der Waals surface area contributed by atoms with Crippen molar-refractivity contribution >= 4 is 23.5 Å². The van der Waals surface area contributed by atoms with Crippen LogP contribution in [0.15, 0.2) is 36.8 Å². The van der Waals surface area contributed by atoms with Crippen LogP contribution in [0.4, 0.5) is 5.95 Å². The zero-order valence-corrected chi connectivity index (χ0v) is 14.9. The molecule has 2 heterocycles. The second kappa shape index (κ2) is 7.48. The molecule has 0 saturated carbocycles. The van der Waals surface area contributed by atoms with Crippen molar-refractivity contribution in [1.82, 2.24) is 24.5 Å². The molecule has 3 aromatic rings.